The standard InChI is InChI=1S/C10H13NO2S/c1-11(2)8-4-3-6-7(8)5-14-9(6)10(12)13/h5,8H,3-4H2,1-2H3,(H,12,13). The number of nitrogens with zero attached hydrogens (tertiary/aromatic N) is 1. The maximum absolute atomic E-state index is 10.9. The summed E-state index contributed by atoms with van der Waals surface area (Å²) in [6.45, 7) is 0. The van der Waals surface area contributed by atoms with Gasteiger partial charge in [0.25, 0.3) is 0 Å². The molecule has 0 fully saturated rings. The van der Waals surface area contributed by atoms with E-state index in [4.69, 9.17) is 5.11 Å². The molecule has 14 heavy (non-hydrogen) atoms. The van der Waals surface area contributed by atoms with Crippen molar-refractivity contribution in [3.05, 3.63) is 21.4 Å². The molecule has 0 spiro atoms. The second-order valence-electron chi connectivity index (χ2n) is 3.82. The van der Waals surface area contributed by atoms with E-state index in [-0.39, 0.29) is 0 Å². The Bertz CT molecular complexity index is 370. The molecule has 0 bridgehead atoms. The van der Waals surface area contributed by atoms with E-state index in [9.17, 15) is 4.79 Å². The normalized spacial score (nSPS) is 20.1. The zero-order valence-corrected chi connectivity index (χ0v) is 9.10. The summed E-state index contributed by atoms with van der Waals surface area (Å²) < 4.78 is 0. The van der Waals surface area contributed by atoms with Crippen molar-refractivity contribution in [1.82, 2.24) is 4.90 Å². The van der Waals surface area contributed by atoms with Gasteiger partial charge in [-0.05, 0) is 43.4 Å². The number of thiophene rings is 1. The zero-order valence-electron chi connectivity index (χ0n) is 8.28. The molecule has 1 aliphatic rings. The highest BCUT2D eigenvalue weighted by atomic mass is 32.1. The summed E-state index contributed by atoms with van der Waals surface area (Å²) in [5, 5.41) is 11.0. The molecule has 1 aromatic rings. The minimum Gasteiger partial charge on any atom is -0.477 e. The molecule has 2 rings (SSSR count). The lowest BCUT2D eigenvalue weighted by Crippen LogP contribution is -2.16. The molecule has 0 aliphatic heterocycles. The number of fused-ring (bicyclic) bond motifs is 1. The summed E-state index contributed by atoms with van der Waals surface area (Å²) in [5.41, 5.74) is 2.28. The minimum atomic E-state index is -0.782. The second kappa shape index (κ2) is 3.37. The van der Waals surface area contributed by atoms with Crippen molar-refractivity contribution in [3.63, 3.8) is 0 Å². The van der Waals surface area contributed by atoms with Gasteiger partial charge in [-0.2, -0.15) is 0 Å². The van der Waals surface area contributed by atoms with Gasteiger partial charge in [-0.3, -0.25) is 0 Å². The fraction of sp³-hybridized carbons (Fsp3) is 0.500. The van der Waals surface area contributed by atoms with Crippen molar-refractivity contribution in [3.8, 4) is 0 Å². The number of rotatable bonds is 2. The highest BCUT2D eigenvalue weighted by Crippen LogP contribution is 2.39. The van der Waals surface area contributed by atoms with Crippen LogP contribution in [-0.2, 0) is 6.42 Å². The lowest BCUT2D eigenvalue weighted by molar-refractivity contribution is 0.0701. The third-order valence-corrected chi connectivity index (χ3v) is 3.80. The lowest BCUT2D eigenvalue weighted by atomic mass is 10.1. The maximum atomic E-state index is 10.9. The molecular formula is C10H13NO2S. The molecule has 0 radical (unpaired) electrons. The molecule has 1 heterocycles. The molecule has 1 atom stereocenters. The van der Waals surface area contributed by atoms with Crippen LogP contribution < -0.4 is 0 Å². The van der Waals surface area contributed by atoms with Crippen LogP contribution in [0.4, 0.5) is 0 Å². The predicted octanol–water partition coefficient (Wildman–Crippen LogP) is 2.00. The van der Waals surface area contributed by atoms with E-state index in [0.29, 0.717) is 10.9 Å². The first-order chi connectivity index (χ1) is 6.61. The summed E-state index contributed by atoms with van der Waals surface area (Å²) in [7, 11) is 4.08. The van der Waals surface area contributed by atoms with Crippen LogP contribution in [-0.4, -0.2) is 30.1 Å². The average molecular weight is 211 g/mol. The molecule has 0 amide bonds. The van der Waals surface area contributed by atoms with E-state index in [1.807, 2.05) is 19.5 Å². The van der Waals surface area contributed by atoms with Gasteiger partial charge in [-0.1, -0.05) is 0 Å². The van der Waals surface area contributed by atoms with Gasteiger partial charge < -0.3 is 10.0 Å². The van der Waals surface area contributed by atoms with E-state index >= 15 is 0 Å². The van der Waals surface area contributed by atoms with Crippen molar-refractivity contribution >= 4 is 17.3 Å². The Morgan fingerprint density at radius 3 is 2.93 bits per heavy atom. The molecule has 1 unspecified atom stereocenters. The third kappa shape index (κ3) is 1.35. The van der Waals surface area contributed by atoms with Gasteiger partial charge in [0.05, 0.1) is 0 Å². The van der Waals surface area contributed by atoms with Crippen LogP contribution in [0.25, 0.3) is 0 Å². The molecule has 76 valence electrons. The van der Waals surface area contributed by atoms with Gasteiger partial charge in [0.1, 0.15) is 4.88 Å². The van der Waals surface area contributed by atoms with Gasteiger partial charge in [0, 0.05) is 6.04 Å². The fourth-order valence-electron chi connectivity index (χ4n) is 2.09. The average Bonchev–Trinajstić information content (AvgIpc) is 2.59. The summed E-state index contributed by atoms with van der Waals surface area (Å²) >= 11 is 1.36. The lowest BCUT2D eigenvalue weighted by Gasteiger charge is -2.18. The second-order valence-corrected chi connectivity index (χ2v) is 4.70. The number of carboxylic acid groups (broad SMARTS) is 1. The molecular weight excluding hydrogens is 198 g/mol. The number of carboxylic acids is 1. The maximum Gasteiger partial charge on any atom is 0.346 e. The topological polar surface area (TPSA) is 40.5 Å². The molecule has 1 N–H and O–H groups in total. The smallest absolute Gasteiger partial charge is 0.346 e. The Kier molecular flexibility index (Phi) is 2.33. The van der Waals surface area contributed by atoms with E-state index in [1.54, 1.807) is 0 Å². The van der Waals surface area contributed by atoms with Crippen molar-refractivity contribution in [2.24, 2.45) is 0 Å². The molecule has 0 aromatic carbocycles. The summed E-state index contributed by atoms with van der Waals surface area (Å²) in [4.78, 5) is 13.6. The van der Waals surface area contributed by atoms with Crippen LogP contribution in [0.1, 0.15) is 33.3 Å². The molecule has 0 saturated heterocycles. The van der Waals surface area contributed by atoms with E-state index in [1.165, 1.54) is 16.9 Å². The predicted molar refractivity (Wildman–Crippen MR) is 56.0 cm³/mol. The third-order valence-electron chi connectivity index (χ3n) is 2.77. The number of carbonyl (C=O) groups is 1. The fourth-order valence-corrected chi connectivity index (χ4v) is 3.09. The van der Waals surface area contributed by atoms with E-state index < -0.39 is 5.97 Å². The molecule has 4 heteroatoms. The Balaban J connectivity index is 2.39. The minimum absolute atomic E-state index is 0.411. The van der Waals surface area contributed by atoms with Gasteiger partial charge in [0.15, 0.2) is 0 Å². The van der Waals surface area contributed by atoms with Crippen LogP contribution in [0, 0.1) is 0 Å². The van der Waals surface area contributed by atoms with Crippen LogP contribution in [0.3, 0.4) is 0 Å². The highest BCUT2D eigenvalue weighted by molar-refractivity contribution is 7.12. The van der Waals surface area contributed by atoms with Gasteiger partial charge in [0.2, 0.25) is 0 Å². The number of hydrogen-bond acceptors (Lipinski definition) is 3. The van der Waals surface area contributed by atoms with E-state index in [2.05, 4.69) is 4.90 Å². The zero-order chi connectivity index (χ0) is 10.3. The Hall–Kier alpha value is -0.870. The van der Waals surface area contributed by atoms with Gasteiger partial charge in [-0.15, -0.1) is 11.3 Å². The quantitative estimate of drug-likeness (QED) is 0.813. The number of aromatic carboxylic acids is 1. The largest absolute Gasteiger partial charge is 0.477 e. The first-order valence-electron chi connectivity index (χ1n) is 4.61. The molecule has 1 aromatic heterocycles. The van der Waals surface area contributed by atoms with Crippen molar-refractivity contribution < 1.29 is 9.90 Å². The number of hydrogen-bond donors (Lipinski definition) is 1. The first kappa shape index (κ1) is 9.68. The van der Waals surface area contributed by atoms with Crippen LogP contribution >= 0.6 is 11.3 Å². The molecule has 0 saturated carbocycles. The monoisotopic (exact) mass is 211 g/mol. The summed E-state index contributed by atoms with van der Waals surface area (Å²) in [6.07, 6.45) is 1.95. The summed E-state index contributed by atoms with van der Waals surface area (Å²) in [6, 6.07) is 0.411. The highest BCUT2D eigenvalue weighted by Gasteiger charge is 2.29. The van der Waals surface area contributed by atoms with E-state index in [0.717, 1.165) is 18.4 Å². The van der Waals surface area contributed by atoms with Crippen LogP contribution in [0.15, 0.2) is 5.38 Å². The van der Waals surface area contributed by atoms with Crippen molar-refractivity contribution in [1.29, 1.82) is 0 Å². The molecule has 1 aliphatic carbocycles. The Labute approximate surface area is 87.0 Å². The van der Waals surface area contributed by atoms with Gasteiger partial charge in [-0.25, -0.2) is 4.79 Å². The Morgan fingerprint density at radius 1 is 1.64 bits per heavy atom. The first-order valence-corrected chi connectivity index (χ1v) is 5.49. The van der Waals surface area contributed by atoms with Crippen molar-refractivity contribution in [2.75, 3.05) is 14.1 Å². The van der Waals surface area contributed by atoms with Gasteiger partial charge >= 0.3 is 5.97 Å². The SMILES string of the molecule is CN(C)C1CCc2c1csc2C(=O)O. The van der Waals surface area contributed by atoms with Crippen molar-refractivity contribution in [2.45, 2.75) is 18.9 Å². The Morgan fingerprint density at radius 2 is 2.36 bits per heavy atom. The summed E-state index contributed by atoms with van der Waals surface area (Å²) in [5.74, 6) is -0.782. The van der Waals surface area contributed by atoms with Crippen LogP contribution in [0.2, 0.25) is 0 Å². The molecule has 3 nitrogen and oxygen atoms in total. The van der Waals surface area contributed by atoms with Crippen LogP contribution in [0.5, 0.6) is 0 Å².